The molecule has 0 saturated heterocycles. The minimum absolute atomic E-state index is 0.309. The van der Waals surface area contributed by atoms with Crippen molar-refractivity contribution in [1.29, 1.82) is 0 Å². The number of aliphatic carboxylic acids is 1. The highest BCUT2D eigenvalue weighted by atomic mass is 16.4. The van der Waals surface area contributed by atoms with Crippen LogP contribution in [0.4, 0.5) is 4.79 Å². The summed E-state index contributed by atoms with van der Waals surface area (Å²) >= 11 is 0. The van der Waals surface area contributed by atoms with E-state index in [1.807, 2.05) is 0 Å². The number of nitrogens with one attached hydrogen (secondary N) is 2. The zero-order chi connectivity index (χ0) is 12.8. The molecule has 3 N–H and O–H groups in total. The fourth-order valence-corrected chi connectivity index (χ4v) is 1.34. The normalized spacial score (nSPS) is 13.8. The van der Waals surface area contributed by atoms with Crippen LogP contribution >= 0.6 is 0 Å². The lowest BCUT2D eigenvalue weighted by Gasteiger charge is -2.16. The summed E-state index contributed by atoms with van der Waals surface area (Å²) < 4.78 is 5.12. The third-order valence-corrected chi connectivity index (χ3v) is 2.33. The van der Waals surface area contributed by atoms with Gasteiger partial charge in [-0.3, -0.25) is 0 Å². The van der Waals surface area contributed by atoms with E-state index in [-0.39, 0.29) is 6.04 Å². The molecule has 1 rings (SSSR count). The molecule has 0 aromatic carbocycles. The number of carboxylic acid groups (broad SMARTS) is 1. The predicted octanol–water partition coefficient (Wildman–Crippen LogP) is 1.50. The molecule has 0 aliphatic carbocycles. The largest absolute Gasteiger partial charge is 0.480 e. The molecule has 1 heterocycles. The van der Waals surface area contributed by atoms with Crippen LogP contribution in [0.1, 0.15) is 32.1 Å². The Labute approximate surface area is 99.0 Å². The van der Waals surface area contributed by atoms with E-state index < -0.39 is 18.0 Å². The van der Waals surface area contributed by atoms with Crippen molar-refractivity contribution < 1.29 is 19.1 Å². The van der Waals surface area contributed by atoms with Crippen LogP contribution in [0, 0.1) is 0 Å². The average molecular weight is 240 g/mol. The van der Waals surface area contributed by atoms with Gasteiger partial charge < -0.3 is 20.2 Å². The highest BCUT2D eigenvalue weighted by Crippen LogP contribution is 2.11. The lowest BCUT2D eigenvalue weighted by atomic mass is 10.2. The Morgan fingerprint density at radius 3 is 2.65 bits per heavy atom. The van der Waals surface area contributed by atoms with Crippen molar-refractivity contribution in [1.82, 2.24) is 10.6 Å². The highest BCUT2D eigenvalue weighted by molar-refractivity contribution is 5.82. The molecule has 0 aliphatic heterocycles. The number of carboxylic acids is 1. The van der Waals surface area contributed by atoms with Crippen molar-refractivity contribution >= 4 is 12.0 Å². The Morgan fingerprint density at radius 2 is 2.18 bits per heavy atom. The Morgan fingerprint density at radius 1 is 1.47 bits per heavy atom. The van der Waals surface area contributed by atoms with Gasteiger partial charge in [-0.1, -0.05) is 6.92 Å². The minimum Gasteiger partial charge on any atom is -0.480 e. The summed E-state index contributed by atoms with van der Waals surface area (Å²) in [4.78, 5) is 22.2. The number of furan rings is 1. The van der Waals surface area contributed by atoms with Gasteiger partial charge in [0, 0.05) is 0 Å². The number of urea groups is 1. The zero-order valence-corrected chi connectivity index (χ0v) is 9.77. The number of amides is 2. The van der Waals surface area contributed by atoms with E-state index in [9.17, 15) is 9.59 Å². The molecule has 2 amide bonds. The first kappa shape index (κ1) is 13.1. The van der Waals surface area contributed by atoms with Crippen LogP contribution in [0.2, 0.25) is 0 Å². The molecule has 2 atom stereocenters. The van der Waals surface area contributed by atoms with Crippen LogP contribution < -0.4 is 10.6 Å². The fraction of sp³-hybridized carbons (Fsp3) is 0.455. The minimum atomic E-state index is -1.05. The van der Waals surface area contributed by atoms with Gasteiger partial charge in [0.05, 0.1) is 12.3 Å². The first-order valence-corrected chi connectivity index (χ1v) is 5.37. The lowest BCUT2D eigenvalue weighted by molar-refractivity contribution is -0.139. The van der Waals surface area contributed by atoms with Gasteiger partial charge in [-0.15, -0.1) is 0 Å². The summed E-state index contributed by atoms with van der Waals surface area (Å²) in [6, 6.07) is 1.75. The van der Waals surface area contributed by atoms with E-state index >= 15 is 0 Å². The smallest absolute Gasteiger partial charge is 0.326 e. The molecule has 6 heteroatoms. The predicted molar refractivity (Wildman–Crippen MR) is 60.5 cm³/mol. The van der Waals surface area contributed by atoms with Crippen molar-refractivity contribution in [3.8, 4) is 0 Å². The summed E-state index contributed by atoms with van der Waals surface area (Å²) in [6.07, 6.45) is 1.84. The average Bonchev–Trinajstić information content (AvgIpc) is 2.78. The maximum absolute atomic E-state index is 11.5. The van der Waals surface area contributed by atoms with Gasteiger partial charge in [0.2, 0.25) is 0 Å². The van der Waals surface area contributed by atoms with E-state index in [1.54, 1.807) is 26.0 Å². The van der Waals surface area contributed by atoms with Gasteiger partial charge in [-0.05, 0) is 25.5 Å². The van der Waals surface area contributed by atoms with Gasteiger partial charge in [0.1, 0.15) is 11.8 Å². The monoisotopic (exact) mass is 240 g/mol. The molecular weight excluding hydrogens is 224 g/mol. The van der Waals surface area contributed by atoms with Crippen molar-refractivity contribution in [2.75, 3.05) is 0 Å². The van der Waals surface area contributed by atoms with Crippen LogP contribution in [-0.4, -0.2) is 23.1 Å². The Balaban J connectivity index is 2.47. The van der Waals surface area contributed by atoms with E-state index in [0.29, 0.717) is 12.2 Å². The second-order valence-corrected chi connectivity index (χ2v) is 3.65. The van der Waals surface area contributed by atoms with Crippen molar-refractivity contribution in [2.45, 2.75) is 32.4 Å². The highest BCUT2D eigenvalue weighted by Gasteiger charge is 2.19. The number of carbonyl (C=O) groups is 2. The molecule has 94 valence electrons. The Kier molecular flexibility index (Phi) is 4.56. The van der Waals surface area contributed by atoms with Crippen LogP contribution in [0.25, 0.3) is 0 Å². The van der Waals surface area contributed by atoms with E-state index in [0.717, 1.165) is 0 Å². The Bertz CT molecular complexity index is 375. The van der Waals surface area contributed by atoms with Crippen molar-refractivity contribution in [3.05, 3.63) is 24.2 Å². The maximum atomic E-state index is 11.5. The van der Waals surface area contributed by atoms with Gasteiger partial charge in [-0.25, -0.2) is 9.59 Å². The topological polar surface area (TPSA) is 91.6 Å². The van der Waals surface area contributed by atoms with Crippen LogP contribution in [0.15, 0.2) is 22.8 Å². The molecule has 0 aliphatic rings. The molecule has 1 aromatic rings. The molecular formula is C11H16N2O4. The standard InChI is InChI=1S/C11H16N2O4/c1-3-8(10(14)15)13-11(16)12-7(2)9-5-4-6-17-9/h4-8H,3H2,1-2H3,(H,14,15)(H2,12,13,16)/t7?,8-/m0/s1. The molecule has 0 saturated carbocycles. The third-order valence-electron chi connectivity index (χ3n) is 2.33. The first-order valence-electron chi connectivity index (χ1n) is 5.37. The SMILES string of the molecule is CC[C@H](NC(=O)NC(C)c1ccco1)C(=O)O. The van der Waals surface area contributed by atoms with Crippen LogP contribution in [-0.2, 0) is 4.79 Å². The van der Waals surface area contributed by atoms with Crippen LogP contribution in [0.3, 0.4) is 0 Å². The van der Waals surface area contributed by atoms with Gasteiger partial charge in [0.25, 0.3) is 0 Å². The summed E-state index contributed by atoms with van der Waals surface area (Å²) in [5.41, 5.74) is 0. The molecule has 6 nitrogen and oxygen atoms in total. The van der Waals surface area contributed by atoms with Gasteiger partial charge in [-0.2, -0.15) is 0 Å². The summed E-state index contributed by atoms with van der Waals surface area (Å²) in [5.74, 6) is -0.433. The molecule has 0 bridgehead atoms. The molecule has 0 spiro atoms. The zero-order valence-electron chi connectivity index (χ0n) is 9.77. The lowest BCUT2D eigenvalue weighted by Crippen LogP contribution is -2.46. The summed E-state index contributed by atoms with van der Waals surface area (Å²) in [6.45, 7) is 3.44. The van der Waals surface area contributed by atoms with Crippen molar-refractivity contribution in [3.63, 3.8) is 0 Å². The van der Waals surface area contributed by atoms with E-state index in [1.165, 1.54) is 6.26 Å². The Hall–Kier alpha value is -1.98. The molecule has 0 radical (unpaired) electrons. The number of hydrogen-bond acceptors (Lipinski definition) is 3. The third kappa shape index (κ3) is 3.82. The maximum Gasteiger partial charge on any atom is 0.326 e. The van der Waals surface area contributed by atoms with Crippen LogP contribution in [0.5, 0.6) is 0 Å². The van der Waals surface area contributed by atoms with Gasteiger partial charge >= 0.3 is 12.0 Å². The van der Waals surface area contributed by atoms with E-state index in [2.05, 4.69) is 10.6 Å². The second kappa shape index (κ2) is 5.93. The summed E-state index contributed by atoms with van der Waals surface area (Å²) in [5, 5.41) is 13.7. The number of rotatable bonds is 5. The second-order valence-electron chi connectivity index (χ2n) is 3.65. The summed E-state index contributed by atoms with van der Waals surface area (Å²) in [7, 11) is 0. The van der Waals surface area contributed by atoms with Crippen molar-refractivity contribution in [2.24, 2.45) is 0 Å². The quantitative estimate of drug-likeness (QED) is 0.727. The first-order chi connectivity index (χ1) is 8.04. The van der Waals surface area contributed by atoms with E-state index in [4.69, 9.17) is 9.52 Å². The molecule has 0 fully saturated rings. The number of carbonyl (C=O) groups excluding carboxylic acids is 1. The van der Waals surface area contributed by atoms with Gasteiger partial charge in [0.15, 0.2) is 0 Å². The number of hydrogen-bond donors (Lipinski definition) is 3. The molecule has 1 unspecified atom stereocenters. The fourth-order valence-electron chi connectivity index (χ4n) is 1.34. The molecule has 1 aromatic heterocycles. The molecule has 17 heavy (non-hydrogen) atoms.